The summed E-state index contributed by atoms with van der Waals surface area (Å²) in [5.74, 6) is 0.197. The molecule has 0 amide bonds. The second-order valence-corrected chi connectivity index (χ2v) is 10.5. The third-order valence-electron chi connectivity index (χ3n) is 7.48. The number of rotatable bonds is 15. The summed E-state index contributed by atoms with van der Waals surface area (Å²) in [5, 5.41) is 10.5. The van der Waals surface area contributed by atoms with Gasteiger partial charge >= 0.3 is 11.9 Å². The third kappa shape index (κ3) is 8.86. The first kappa shape index (κ1) is 33.4. The zero-order valence-electron chi connectivity index (χ0n) is 25.1. The second-order valence-electron chi connectivity index (χ2n) is 10.5. The molecular weight excluding hydrogens is 506 g/mol. The standard InChI is InChI=1S/C31H45N3O4.CH4O/c1-7-24-27(18-37-30(24)35)26(22-10-11-22)16-23(32)17-33-13-15-34(9-3)14-12-21(6)29(20(4)5)28-19-38-31(36)25(28)8-2;1-2/h7-8,16,20,22-23,33H,1,6,9-15,17-19,32H2,2-5H3;2H,1H3/b25-8+,26-16+,29-28-;. The summed E-state index contributed by atoms with van der Waals surface area (Å²) in [7, 11) is 1.00. The number of carbonyl (C=O) groups is 2. The summed E-state index contributed by atoms with van der Waals surface area (Å²) < 4.78 is 10.5. The van der Waals surface area contributed by atoms with Crippen LogP contribution in [-0.4, -0.2) is 81.0 Å². The Morgan fingerprint density at radius 3 is 2.42 bits per heavy atom. The molecule has 0 radical (unpaired) electrons. The van der Waals surface area contributed by atoms with Gasteiger partial charge in [-0.2, -0.15) is 0 Å². The van der Waals surface area contributed by atoms with E-state index in [-0.39, 0.29) is 23.9 Å². The van der Waals surface area contributed by atoms with Crippen LogP contribution in [0.2, 0.25) is 0 Å². The number of hydrogen-bond donors (Lipinski definition) is 3. The van der Waals surface area contributed by atoms with E-state index in [1.54, 1.807) is 6.08 Å². The summed E-state index contributed by atoms with van der Waals surface area (Å²) in [5.41, 5.74) is 13.0. The Morgan fingerprint density at radius 2 is 1.85 bits per heavy atom. The highest BCUT2D eigenvalue weighted by Crippen LogP contribution is 2.42. The Kier molecular flexibility index (Phi) is 13.8. The van der Waals surface area contributed by atoms with Gasteiger partial charge in [0.1, 0.15) is 13.2 Å². The predicted octanol–water partition coefficient (Wildman–Crippen LogP) is 3.61. The molecule has 8 nitrogen and oxygen atoms in total. The van der Waals surface area contributed by atoms with Gasteiger partial charge in [0.15, 0.2) is 0 Å². The molecule has 2 aliphatic heterocycles. The minimum Gasteiger partial charge on any atom is -0.457 e. The van der Waals surface area contributed by atoms with Crippen LogP contribution < -0.4 is 11.1 Å². The molecule has 1 unspecified atom stereocenters. The highest BCUT2D eigenvalue weighted by atomic mass is 16.5. The number of cyclic esters (lactones) is 2. The summed E-state index contributed by atoms with van der Waals surface area (Å²) in [6.07, 6.45) is 8.63. The SMILES string of the molecule is C=CC1=C(/C(=C/C(N)CNCCN(CC)CCC(=C)/C(=C2/COC(=O)/C2=C/C)C(C)C)C2CC2)COC1=O.CO. The van der Waals surface area contributed by atoms with Gasteiger partial charge in [-0.1, -0.05) is 57.7 Å². The minimum absolute atomic E-state index is 0.146. The number of nitrogens with two attached hydrogens (primary N) is 1. The fraction of sp³-hybridized carbons (Fsp3) is 0.562. The Labute approximate surface area is 240 Å². The Balaban J connectivity index is 0.00000274. The molecule has 2 fully saturated rings. The van der Waals surface area contributed by atoms with Gasteiger partial charge in [-0.25, -0.2) is 9.59 Å². The molecule has 1 atom stereocenters. The van der Waals surface area contributed by atoms with Crippen LogP contribution in [0.4, 0.5) is 0 Å². The van der Waals surface area contributed by atoms with Gasteiger partial charge in [-0.3, -0.25) is 0 Å². The number of esters is 2. The quantitative estimate of drug-likeness (QED) is 0.160. The molecule has 1 aliphatic carbocycles. The average molecular weight is 556 g/mol. The van der Waals surface area contributed by atoms with E-state index < -0.39 is 0 Å². The molecule has 3 rings (SSSR count). The summed E-state index contributed by atoms with van der Waals surface area (Å²) in [6, 6.07) is -0.146. The van der Waals surface area contributed by atoms with Gasteiger partial charge in [0.25, 0.3) is 0 Å². The first-order chi connectivity index (χ1) is 19.2. The number of likely N-dealkylation sites (N-methyl/N-ethyl adjacent to an activating group) is 1. The van der Waals surface area contributed by atoms with Crippen LogP contribution in [0.1, 0.15) is 47.0 Å². The van der Waals surface area contributed by atoms with Crippen LogP contribution in [0.15, 0.2) is 70.4 Å². The lowest BCUT2D eigenvalue weighted by atomic mass is 9.87. The molecule has 8 heteroatoms. The van der Waals surface area contributed by atoms with Crippen molar-refractivity contribution in [3.8, 4) is 0 Å². The van der Waals surface area contributed by atoms with Gasteiger partial charge in [-0.05, 0) is 55.7 Å². The van der Waals surface area contributed by atoms with E-state index in [0.29, 0.717) is 36.8 Å². The molecular formula is C32H49N3O5. The number of nitrogens with one attached hydrogen (secondary N) is 1. The van der Waals surface area contributed by atoms with Crippen molar-refractivity contribution in [2.24, 2.45) is 17.6 Å². The highest BCUT2D eigenvalue weighted by molar-refractivity contribution is 5.97. The Bertz CT molecular complexity index is 1060. The van der Waals surface area contributed by atoms with E-state index in [2.05, 4.69) is 50.2 Å². The number of carbonyl (C=O) groups excluding carboxylic acids is 2. The van der Waals surface area contributed by atoms with E-state index in [4.69, 9.17) is 20.3 Å². The lowest BCUT2D eigenvalue weighted by Crippen LogP contribution is -2.38. The maximum Gasteiger partial charge on any atom is 0.338 e. The zero-order chi connectivity index (χ0) is 29.8. The van der Waals surface area contributed by atoms with Crippen LogP contribution in [0.5, 0.6) is 0 Å². The molecule has 0 aromatic rings. The van der Waals surface area contributed by atoms with Crippen LogP contribution in [0.3, 0.4) is 0 Å². The number of aliphatic hydroxyl groups is 1. The molecule has 4 N–H and O–H groups in total. The molecule has 0 spiro atoms. The summed E-state index contributed by atoms with van der Waals surface area (Å²) >= 11 is 0. The van der Waals surface area contributed by atoms with Crippen LogP contribution in [-0.2, 0) is 19.1 Å². The van der Waals surface area contributed by atoms with Crippen molar-refractivity contribution in [1.82, 2.24) is 10.2 Å². The molecule has 0 aromatic carbocycles. The van der Waals surface area contributed by atoms with E-state index in [0.717, 1.165) is 80.4 Å². The van der Waals surface area contributed by atoms with Crippen molar-refractivity contribution >= 4 is 11.9 Å². The lowest BCUT2D eigenvalue weighted by Gasteiger charge is -2.24. The van der Waals surface area contributed by atoms with Crippen molar-refractivity contribution in [2.75, 3.05) is 53.0 Å². The van der Waals surface area contributed by atoms with Gasteiger partial charge < -0.3 is 30.5 Å². The average Bonchev–Trinajstić information content (AvgIpc) is 3.63. The molecule has 222 valence electrons. The third-order valence-corrected chi connectivity index (χ3v) is 7.48. The summed E-state index contributed by atoms with van der Waals surface area (Å²) in [4.78, 5) is 26.4. The van der Waals surface area contributed by atoms with Gasteiger partial charge in [0.05, 0.1) is 11.1 Å². The largest absolute Gasteiger partial charge is 0.457 e. The number of ether oxygens (including phenoxy) is 2. The van der Waals surface area contributed by atoms with Crippen molar-refractivity contribution in [2.45, 2.75) is 53.0 Å². The predicted molar refractivity (Wildman–Crippen MR) is 160 cm³/mol. The lowest BCUT2D eigenvalue weighted by molar-refractivity contribution is -0.136. The van der Waals surface area contributed by atoms with Gasteiger partial charge in [-0.15, -0.1) is 0 Å². The van der Waals surface area contributed by atoms with Crippen LogP contribution >= 0.6 is 0 Å². The molecule has 1 saturated heterocycles. The molecule has 2 heterocycles. The number of hydrogen-bond acceptors (Lipinski definition) is 8. The fourth-order valence-electron chi connectivity index (χ4n) is 5.29. The topological polar surface area (TPSA) is 114 Å². The molecule has 3 aliphatic rings. The maximum absolute atomic E-state index is 12.1. The first-order valence-electron chi connectivity index (χ1n) is 14.3. The zero-order valence-corrected chi connectivity index (χ0v) is 25.1. The van der Waals surface area contributed by atoms with Crippen molar-refractivity contribution in [1.29, 1.82) is 0 Å². The Hall–Kier alpha value is -2.78. The van der Waals surface area contributed by atoms with E-state index in [9.17, 15) is 9.59 Å². The molecule has 40 heavy (non-hydrogen) atoms. The number of aliphatic hydroxyl groups excluding tert-OH is 1. The van der Waals surface area contributed by atoms with Crippen LogP contribution in [0, 0.1) is 11.8 Å². The molecule has 0 bridgehead atoms. The fourth-order valence-corrected chi connectivity index (χ4v) is 5.29. The maximum atomic E-state index is 12.1. The van der Waals surface area contributed by atoms with Gasteiger partial charge in [0.2, 0.25) is 0 Å². The van der Waals surface area contributed by atoms with Gasteiger partial charge in [0, 0.05) is 50.5 Å². The van der Waals surface area contributed by atoms with Crippen LogP contribution in [0.25, 0.3) is 0 Å². The van der Waals surface area contributed by atoms with Crippen molar-refractivity contribution in [3.05, 3.63) is 70.4 Å². The van der Waals surface area contributed by atoms with E-state index in [1.807, 2.05) is 13.0 Å². The normalized spacial score (nSPS) is 20.5. The second kappa shape index (κ2) is 16.5. The number of allylic oxidation sites excluding steroid dienone is 2. The van der Waals surface area contributed by atoms with E-state index in [1.165, 1.54) is 0 Å². The monoisotopic (exact) mass is 555 g/mol. The van der Waals surface area contributed by atoms with Crippen molar-refractivity contribution < 1.29 is 24.2 Å². The first-order valence-corrected chi connectivity index (χ1v) is 14.3. The van der Waals surface area contributed by atoms with Crippen molar-refractivity contribution in [3.63, 3.8) is 0 Å². The highest BCUT2D eigenvalue weighted by Gasteiger charge is 2.34. The number of nitrogens with zero attached hydrogens (tertiary/aromatic N) is 1. The Morgan fingerprint density at radius 1 is 1.18 bits per heavy atom. The molecule has 1 saturated carbocycles. The summed E-state index contributed by atoms with van der Waals surface area (Å²) in [6.45, 7) is 21.4. The minimum atomic E-state index is -0.292. The molecule has 0 aromatic heterocycles. The van der Waals surface area contributed by atoms with E-state index >= 15 is 0 Å². The smallest absolute Gasteiger partial charge is 0.338 e.